The first-order chi connectivity index (χ1) is 10.2. The lowest BCUT2D eigenvalue weighted by Crippen LogP contribution is -2.36. The van der Waals surface area contributed by atoms with E-state index in [4.69, 9.17) is 9.47 Å². The topological polar surface area (TPSA) is 38.8 Å². The van der Waals surface area contributed by atoms with Crippen LogP contribution in [0.4, 0.5) is 9.18 Å². The molecule has 122 valence electrons. The predicted octanol–water partition coefficient (Wildman–Crippen LogP) is 4.11. The first-order valence-corrected chi connectivity index (χ1v) is 8.07. The highest BCUT2D eigenvalue weighted by molar-refractivity contribution is 9.10. The Labute approximate surface area is 138 Å². The van der Waals surface area contributed by atoms with Gasteiger partial charge in [-0.2, -0.15) is 0 Å². The van der Waals surface area contributed by atoms with E-state index in [2.05, 4.69) is 15.9 Å². The molecule has 1 heterocycles. The minimum Gasteiger partial charge on any atom is -0.444 e. The number of amides is 1. The first-order valence-electron chi connectivity index (χ1n) is 7.28. The zero-order valence-corrected chi connectivity index (χ0v) is 14.7. The molecule has 0 radical (unpaired) electrons. The monoisotopic (exact) mass is 373 g/mol. The maximum absolute atomic E-state index is 13.2. The standard InChI is InChI=1S/C16H21BrFNO3/c1-16(2,3)22-15(20)19-7-6-13(9-19)21-10-11-8-12(18)4-5-14(11)17/h4-5,8,13H,6-7,9-10H2,1-3H3. The lowest BCUT2D eigenvalue weighted by molar-refractivity contribution is 0.0183. The van der Waals surface area contributed by atoms with Crippen LogP contribution in [0.3, 0.4) is 0 Å². The number of carbonyl (C=O) groups excluding carboxylic acids is 1. The number of likely N-dealkylation sites (tertiary alicyclic amines) is 1. The van der Waals surface area contributed by atoms with Gasteiger partial charge in [-0.1, -0.05) is 15.9 Å². The van der Waals surface area contributed by atoms with Crippen LogP contribution in [-0.4, -0.2) is 35.8 Å². The second-order valence-corrected chi connectivity index (χ2v) is 7.24. The van der Waals surface area contributed by atoms with E-state index in [0.717, 1.165) is 16.5 Å². The van der Waals surface area contributed by atoms with Gasteiger partial charge in [0.05, 0.1) is 19.3 Å². The van der Waals surface area contributed by atoms with E-state index in [-0.39, 0.29) is 18.0 Å². The largest absolute Gasteiger partial charge is 0.444 e. The van der Waals surface area contributed by atoms with Gasteiger partial charge in [0.1, 0.15) is 11.4 Å². The molecule has 1 fully saturated rings. The van der Waals surface area contributed by atoms with Crippen LogP contribution in [0.15, 0.2) is 22.7 Å². The van der Waals surface area contributed by atoms with Crippen LogP contribution in [0.5, 0.6) is 0 Å². The van der Waals surface area contributed by atoms with Crippen molar-refractivity contribution in [1.29, 1.82) is 0 Å². The second kappa shape index (κ2) is 6.96. The summed E-state index contributed by atoms with van der Waals surface area (Å²) in [4.78, 5) is 13.6. The number of hydrogen-bond donors (Lipinski definition) is 0. The Morgan fingerprint density at radius 3 is 2.86 bits per heavy atom. The Bertz CT molecular complexity index is 545. The molecule has 0 bridgehead atoms. The fourth-order valence-electron chi connectivity index (χ4n) is 2.22. The fraction of sp³-hybridized carbons (Fsp3) is 0.562. The van der Waals surface area contributed by atoms with Gasteiger partial charge in [-0.25, -0.2) is 9.18 Å². The number of carbonyl (C=O) groups is 1. The quantitative estimate of drug-likeness (QED) is 0.799. The van der Waals surface area contributed by atoms with E-state index in [1.54, 1.807) is 11.0 Å². The molecule has 6 heteroatoms. The van der Waals surface area contributed by atoms with Gasteiger partial charge >= 0.3 is 6.09 Å². The number of hydrogen-bond acceptors (Lipinski definition) is 3. The molecule has 4 nitrogen and oxygen atoms in total. The van der Waals surface area contributed by atoms with Crippen LogP contribution in [-0.2, 0) is 16.1 Å². The van der Waals surface area contributed by atoms with Crippen molar-refractivity contribution in [3.8, 4) is 0 Å². The normalized spacial score (nSPS) is 18.6. The average molecular weight is 374 g/mol. The number of ether oxygens (including phenoxy) is 2. The third-order valence-electron chi connectivity index (χ3n) is 3.28. The van der Waals surface area contributed by atoms with Crippen LogP contribution in [0.1, 0.15) is 32.8 Å². The number of halogens is 2. The third-order valence-corrected chi connectivity index (χ3v) is 4.05. The third kappa shape index (κ3) is 4.95. The number of benzene rings is 1. The van der Waals surface area contributed by atoms with Crippen molar-refractivity contribution in [3.05, 3.63) is 34.1 Å². The maximum Gasteiger partial charge on any atom is 0.410 e. The summed E-state index contributed by atoms with van der Waals surface area (Å²) in [6.45, 7) is 6.96. The van der Waals surface area contributed by atoms with Crippen molar-refractivity contribution >= 4 is 22.0 Å². The summed E-state index contributed by atoms with van der Waals surface area (Å²) in [5.41, 5.74) is 0.262. The highest BCUT2D eigenvalue weighted by atomic mass is 79.9. The van der Waals surface area contributed by atoms with Crippen LogP contribution in [0.25, 0.3) is 0 Å². The summed E-state index contributed by atoms with van der Waals surface area (Å²) < 4.78 is 25.2. The van der Waals surface area contributed by atoms with Gasteiger partial charge in [-0.3, -0.25) is 0 Å². The van der Waals surface area contributed by atoms with Crippen molar-refractivity contribution in [2.24, 2.45) is 0 Å². The molecular formula is C16H21BrFNO3. The van der Waals surface area contributed by atoms with Crippen molar-refractivity contribution in [3.63, 3.8) is 0 Å². The minimum atomic E-state index is -0.498. The summed E-state index contributed by atoms with van der Waals surface area (Å²) in [6, 6.07) is 4.51. The van der Waals surface area contributed by atoms with E-state index >= 15 is 0 Å². The zero-order valence-electron chi connectivity index (χ0n) is 13.1. The molecule has 22 heavy (non-hydrogen) atoms. The Hall–Kier alpha value is -1.14. The molecule has 1 aromatic rings. The average Bonchev–Trinajstić information content (AvgIpc) is 2.87. The molecule has 1 aromatic carbocycles. The highest BCUT2D eigenvalue weighted by Gasteiger charge is 2.30. The molecule has 0 spiro atoms. The van der Waals surface area contributed by atoms with Crippen LogP contribution < -0.4 is 0 Å². The molecule has 0 N–H and O–H groups in total. The van der Waals surface area contributed by atoms with Crippen molar-refractivity contribution in [1.82, 2.24) is 4.90 Å². The Morgan fingerprint density at radius 2 is 2.18 bits per heavy atom. The fourth-order valence-corrected chi connectivity index (χ4v) is 2.58. The molecule has 1 aliphatic heterocycles. The summed E-state index contributed by atoms with van der Waals surface area (Å²) in [6.07, 6.45) is 0.389. The molecule has 0 saturated carbocycles. The highest BCUT2D eigenvalue weighted by Crippen LogP contribution is 2.22. The molecule has 0 aromatic heterocycles. The predicted molar refractivity (Wildman–Crippen MR) is 85.1 cm³/mol. The molecule has 1 amide bonds. The Kier molecular flexibility index (Phi) is 5.45. The Balaban J connectivity index is 1.84. The lowest BCUT2D eigenvalue weighted by atomic mass is 10.2. The second-order valence-electron chi connectivity index (χ2n) is 6.38. The van der Waals surface area contributed by atoms with Crippen LogP contribution in [0, 0.1) is 5.82 Å². The molecule has 1 aliphatic rings. The molecule has 0 aliphatic carbocycles. The molecule has 2 rings (SSSR count). The molecular weight excluding hydrogens is 353 g/mol. The van der Waals surface area contributed by atoms with Crippen molar-refractivity contribution in [2.45, 2.75) is 45.5 Å². The van der Waals surface area contributed by atoms with E-state index in [0.29, 0.717) is 19.7 Å². The van der Waals surface area contributed by atoms with Gasteiger partial charge in [0.2, 0.25) is 0 Å². The zero-order chi connectivity index (χ0) is 16.3. The summed E-state index contributed by atoms with van der Waals surface area (Å²) in [5, 5.41) is 0. The number of rotatable bonds is 3. The van der Waals surface area contributed by atoms with Crippen LogP contribution in [0.2, 0.25) is 0 Å². The van der Waals surface area contributed by atoms with Gasteiger partial charge in [0.15, 0.2) is 0 Å². The SMILES string of the molecule is CC(C)(C)OC(=O)N1CCC(OCc2cc(F)ccc2Br)C1. The van der Waals surface area contributed by atoms with Crippen LogP contribution >= 0.6 is 15.9 Å². The summed E-state index contributed by atoms with van der Waals surface area (Å²) >= 11 is 3.38. The molecule has 1 atom stereocenters. The summed E-state index contributed by atoms with van der Waals surface area (Å²) in [5.74, 6) is -0.288. The first kappa shape index (κ1) is 17.2. The molecule has 1 unspecified atom stereocenters. The molecule has 1 saturated heterocycles. The van der Waals surface area contributed by atoms with E-state index in [1.165, 1.54) is 12.1 Å². The Morgan fingerprint density at radius 1 is 1.45 bits per heavy atom. The van der Waals surface area contributed by atoms with Gasteiger partial charge in [-0.05, 0) is 51.0 Å². The van der Waals surface area contributed by atoms with Gasteiger partial charge < -0.3 is 14.4 Å². The lowest BCUT2D eigenvalue weighted by Gasteiger charge is -2.24. The van der Waals surface area contributed by atoms with Gasteiger partial charge in [-0.15, -0.1) is 0 Å². The van der Waals surface area contributed by atoms with Gasteiger partial charge in [0.25, 0.3) is 0 Å². The van der Waals surface area contributed by atoms with Crippen molar-refractivity contribution in [2.75, 3.05) is 13.1 Å². The van der Waals surface area contributed by atoms with E-state index in [9.17, 15) is 9.18 Å². The maximum atomic E-state index is 13.2. The van der Waals surface area contributed by atoms with Crippen molar-refractivity contribution < 1.29 is 18.7 Å². The van der Waals surface area contributed by atoms with E-state index in [1.807, 2.05) is 20.8 Å². The van der Waals surface area contributed by atoms with Gasteiger partial charge in [0, 0.05) is 11.0 Å². The summed E-state index contributed by atoms with van der Waals surface area (Å²) in [7, 11) is 0. The number of nitrogens with zero attached hydrogens (tertiary/aromatic N) is 1. The minimum absolute atomic E-state index is 0.0531. The smallest absolute Gasteiger partial charge is 0.410 e. The van der Waals surface area contributed by atoms with E-state index < -0.39 is 5.60 Å².